The molecule has 0 aromatic carbocycles. The SMILES string of the molecule is CCC(CC)n1nc(C(=O)Nc2sccc2S(C)(=O)=O)cc1C. The lowest BCUT2D eigenvalue weighted by Gasteiger charge is -2.14. The Bertz CT molecular complexity index is 802. The Labute approximate surface area is 140 Å². The molecule has 0 fully saturated rings. The predicted octanol–water partition coefficient (Wildman–Crippen LogP) is 3.27. The molecule has 2 heterocycles. The Morgan fingerprint density at radius 1 is 1.39 bits per heavy atom. The number of hydrogen-bond acceptors (Lipinski definition) is 5. The number of aromatic nitrogens is 2. The molecule has 1 amide bonds. The highest BCUT2D eigenvalue weighted by Gasteiger charge is 2.20. The fraction of sp³-hybridized carbons (Fsp3) is 0.467. The van der Waals surface area contributed by atoms with Crippen molar-refractivity contribution in [3.05, 3.63) is 28.9 Å². The van der Waals surface area contributed by atoms with Crippen LogP contribution in [0.2, 0.25) is 0 Å². The molecule has 0 radical (unpaired) electrons. The van der Waals surface area contributed by atoms with Crippen LogP contribution in [0, 0.1) is 6.92 Å². The van der Waals surface area contributed by atoms with Gasteiger partial charge in [-0.2, -0.15) is 5.10 Å². The number of anilines is 1. The van der Waals surface area contributed by atoms with Crippen molar-refractivity contribution in [1.82, 2.24) is 9.78 Å². The first-order valence-electron chi connectivity index (χ1n) is 7.43. The summed E-state index contributed by atoms with van der Waals surface area (Å²) in [7, 11) is -3.37. The maximum atomic E-state index is 12.4. The summed E-state index contributed by atoms with van der Waals surface area (Å²) in [5.74, 6) is -0.398. The van der Waals surface area contributed by atoms with Gasteiger partial charge in [0.25, 0.3) is 5.91 Å². The van der Waals surface area contributed by atoms with E-state index in [1.165, 1.54) is 17.4 Å². The molecular formula is C15H21N3O3S2. The molecule has 6 nitrogen and oxygen atoms in total. The number of sulfone groups is 1. The average Bonchev–Trinajstić information content (AvgIpc) is 3.07. The molecule has 0 aliphatic rings. The molecule has 0 spiro atoms. The van der Waals surface area contributed by atoms with Gasteiger partial charge < -0.3 is 5.32 Å². The molecular weight excluding hydrogens is 334 g/mol. The summed E-state index contributed by atoms with van der Waals surface area (Å²) in [6.45, 7) is 6.08. The van der Waals surface area contributed by atoms with Crippen LogP contribution in [0.5, 0.6) is 0 Å². The topological polar surface area (TPSA) is 81.1 Å². The van der Waals surface area contributed by atoms with E-state index in [-0.39, 0.29) is 10.9 Å². The quantitative estimate of drug-likeness (QED) is 0.862. The lowest BCUT2D eigenvalue weighted by Crippen LogP contribution is -2.15. The highest BCUT2D eigenvalue weighted by atomic mass is 32.2. The van der Waals surface area contributed by atoms with Crippen molar-refractivity contribution in [2.45, 2.75) is 44.6 Å². The molecule has 0 unspecified atom stereocenters. The van der Waals surface area contributed by atoms with Gasteiger partial charge >= 0.3 is 0 Å². The summed E-state index contributed by atoms with van der Waals surface area (Å²) >= 11 is 1.18. The molecule has 0 saturated heterocycles. The minimum absolute atomic E-state index is 0.131. The van der Waals surface area contributed by atoms with E-state index < -0.39 is 15.7 Å². The standard InChI is InChI=1S/C15H21N3O3S2/c1-5-11(6-2)18-10(3)9-12(17-18)14(19)16-15-13(7-8-22-15)23(4,20)21/h7-9,11H,5-6H2,1-4H3,(H,16,19). The van der Waals surface area contributed by atoms with Crippen molar-refractivity contribution in [3.63, 3.8) is 0 Å². The molecule has 8 heteroatoms. The van der Waals surface area contributed by atoms with Crippen molar-refractivity contribution in [3.8, 4) is 0 Å². The number of nitrogens with zero attached hydrogens (tertiary/aromatic N) is 2. The van der Waals surface area contributed by atoms with Crippen LogP contribution in [-0.2, 0) is 9.84 Å². The van der Waals surface area contributed by atoms with Crippen molar-refractivity contribution in [1.29, 1.82) is 0 Å². The maximum absolute atomic E-state index is 12.4. The van der Waals surface area contributed by atoms with Gasteiger partial charge in [0, 0.05) is 11.9 Å². The Morgan fingerprint density at radius 3 is 2.61 bits per heavy atom. The summed E-state index contributed by atoms with van der Waals surface area (Å²) in [5, 5.41) is 9.00. The number of aryl methyl sites for hydroxylation is 1. The van der Waals surface area contributed by atoms with Gasteiger partial charge in [-0.05, 0) is 37.3 Å². The summed E-state index contributed by atoms with van der Waals surface area (Å²) in [6.07, 6.45) is 2.99. The molecule has 0 aliphatic carbocycles. The first-order valence-corrected chi connectivity index (χ1v) is 10.2. The van der Waals surface area contributed by atoms with E-state index >= 15 is 0 Å². The highest BCUT2D eigenvalue weighted by Crippen LogP contribution is 2.28. The maximum Gasteiger partial charge on any atom is 0.276 e. The number of rotatable bonds is 6. The summed E-state index contributed by atoms with van der Waals surface area (Å²) in [5.41, 5.74) is 1.21. The van der Waals surface area contributed by atoms with Gasteiger partial charge in [0.05, 0.1) is 6.04 Å². The zero-order chi connectivity index (χ0) is 17.2. The number of amides is 1. The van der Waals surface area contributed by atoms with E-state index in [1.54, 1.807) is 11.4 Å². The normalized spacial score (nSPS) is 11.9. The lowest BCUT2D eigenvalue weighted by atomic mass is 10.2. The molecule has 0 saturated carbocycles. The van der Waals surface area contributed by atoms with Gasteiger partial charge in [0.15, 0.2) is 15.5 Å². The van der Waals surface area contributed by atoms with E-state index in [0.29, 0.717) is 10.7 Å². The summed E-state index contributed by atoms with van der Waals surface area (Å²) in [6, 6.07) is 3.47. The van der Waals surface area contributed by atoms with Crippen LogP contribution in [-0.4, -0.2) is 30.4 Å². The van der Waals surface area contributed by atoms with E-state index in [4.69, 9.17) is 0 Å². The van der Waals surface area contributed by atoms with Crippen LogP contribution in [0.15, 0.2) is 22.4 Å². The predicted molar refractivity (Wildman–Crippen MR) is 92.0 cm³/mol. The van der Waals surface area contributed by atoms with Gasteiger partial charge in [-0.25, -0.2) is 8.42 Å². The third kappa shape index (κ3) is 3.81. The van der Waals surface area contributed by atoms with Crippen LogP contribution in [0.4, 0.5) is 5.00 Å². The second-order valence-corrected chi connectivity index (χ2v) is 8.33. The number of carbonyl (C=O) groups is 1. The van der Waals surface area contributed by atoms with Crippen LogP contribution in [0.25, 0.3) is 0 Å². The third-order valence-corrected chi connectivity index (χ3v) is 5.80. The van der Waals surface area contributed by atoms with Gasteiger partial charge in [0.2, 0.25) is 0 Å². The molecule has 0 atom stereocenters. The zero-order valence-corrected chi connectivity index (χ0v) is 15.3. The molecule has 1 N–H and O–H groups in total. The van der Waals surface area contributed by atoms with Gasteiger partial charge in [-0.1, -0.05) is 13.8 Å². The van der Waals surface area contributed by atoms with Crippen molar-refractivity contribution in [2.24, 2.45) is 0 Å². The van der Waals surface area contributed by atoms with Crippen molar-refractivity contribution < 1.29 is 13.2 Å². The van der Waals surface area contributed by atoms with Crippen molar-refractivity contribution >= 4 is 32.1 Å². The molecule has 23 heavy (non-hydrogen) atoms. The fourth-order valence-corrected chi connectivity index (χ4v) is 4.51. The Morgan fingerprint density at radius 2 is 2.04 bits per heavy atom. The number of thiophene rings is 1. The number of carbonyl (C=O) groups excluding carboxylic acids is 1. The smallest absolute Gasteiger partial charge is 0.276 e. The fourth-order valence-electron chi connectivity index (χ4n) is 2.45. The molecule has 2 rings (SSSR count). The van der Waals surface area contributed by atoms with Gasteiger partial charge in [-0.3, -0.25) is 9.48 Å². The summed E-state index contributed by atoms with van der Waals surface area (Å²) in [4.78, 5) is 12.5. The monoisotopic (exact) mass is 355 g/mol. The molecule has 126 valence electrons. The number of nitrogens with one attached hydrogen (secondary N) is 1. The van der Waals surface area contributed by atoms with E-state index in [2.05, 4.69) is 24.3 Å². The van der Waals surface area contributed by atoms with Crippen LogP contribution in [0.1, 0.15) is 48.9 Å². The zero-order valence-electron chi connectivity index (χ0n) is 13.7. The van der Waals surface area contributed by atoms with E-state index in [0.717, 1.165) is 24.8 Å². The first kappa shape index (κ1) is 17.7. The van der Waals surface area contributed by atoms with E-state index in [9.17, 15) is 13.2 Å². The second kappa shape index (κ2) is 6.84. The lowest BCUT2D eigenvalue weighted by molar-refractivity contribution is 0.102. The van der Waals surface area contributed by atoms with Crippen molar-refractivity contribution in [2.75, 3.05) is 11.6 Å². The molecule has 0 bridgehead atoms. The number of hydrogen-bond donors (Lipinski definition) is 1. The molecule has 2 aromatic rings. The largest absolute Gasteiger partial charge is 0.311 e. The van der Waals surface area contributed by atoms with Gasteiger partial charge in [0.1, 0.15) is 9.90 Å². The highest BCUT2D eigenvalue weighted by molar-refractivity contribution is 7.91. The average molecular weight is 355 g/mol. The molecule has 2 aromatic heterocycles. The minimum atomic E-state index is -3.37. The van der Waals surface area contributed by atoms with Crippen LogP contribution >= 0.6 is 11.3 Å². The Kier molecular flexibility index (Phi) is 5.26. The third-order valence-electron chi connectivity index (χ3n) is 3.70. The van der Waals surface area contributed by atoms with Crippen LogP contribution < -0.4 is 5.32 Å². The second-order valence-electron chi connectivity index (χ2n) is 5.43. The Hall–Kier alpha value is -1.67. The van der Waals surface area contributed by atoms with Crippen LogP contribution in [0.3, 0.4) is 0 Å². The molecule has 0 aliphatic heterocycles. The first-order chi connectivity index (χ1) is 10.8. The van der Waals surface area contributed by atoms with E-state index in [1.807, 2.05) is 11.6 Å². The minimum Gasteiger partial charge on any atom is -0.311 e. The summed E-state index contributed by atoms with van der Waals surface area (Å²) < 4.78 is 25.2. The van der Waals surface area contributed by atoms with Gasteiger partial charge in [-0.15, -0.1) is 11.3 Å². The Balaban J connectivity index is 2.26.